The van der Waals surface area contributed by atoms with E-state index in [0.29, 0.717) is 5.56 Å². The van der Waals surface area contributed by atoms with E-state index in [0.717, 1.165) is 40.7 Å². The lowest BCUT2D eigenvalue weighted by atomic mass is 9.79. The quantitative estimate of drug-likeness (QED) is 0.358. The number of amides is 1. The third-order valence-corrected chi connectivity index (χ3v) is 8.81. The third-order valence-electron chi connectivity index (χ3n) is 8.81. The molecule has 6 rings (SSSR count). The van der Waals surface area contributed by atoms with E-state index in [1.807, 2.05) is 31.2 Å². The molecule has 3 aromatic rings. The van der Waals surface area contributed by atoms with E-state index in [-0.39, 0.29) is 47.7 Å². The number of allylic oxidation sites excluding steroid dienone is 2. The Kier molecular flexibility index (Phi) is 6.09. The van der Waals surface area contributed by atoms with E-state index in [4.69, 9.17) is 4.74 Å². The molecule has 0 saturated heterocycles. The minimum atomic E-state index is -1.00. The molecular weight excluding hydrogens is 512 g/mol. The number of carbonyl (C=O) groups is 2. The molecule has 5 nitrogen and oxygen atoms in total. The minimum absolute atomic E-state index is 0.0281. The van der Waals surface area contributed by atoms with Crippen molar-refractivity contribution < 1.29 is 28.2 Å². The normalized spacial score (nSPS) is 22.5. The zero-order valence-electron chi connectivity index (χ0n) is 22.7. The molecule has 0 radical (unpaired) electrons. The van der Waals surface area contributed by atoms with Crippen molar-refractivity contribution in [3.05, 3.63) is 94.1 Å². The molecule has 1 heterocycles. The van der Waals surface area contributed by atoms with E-state index in [1.54, 1.807) is 6.07 Å². The maximum atomic E-state index is 15.8. The molecule has 2 atom stereocenters. The average molecular weight is 544 g/mol. The number of carboxylic acids is 1. The first-order valence-electron chi connectivity index (χ1n) is 13.6. The first kappa shape index (κ1) is 26.2. The van der Waals surface area contributed by atoms with Gasteiger partial charge in [0.1, 0.15) is 12.4 Å². The minimum Gasteiger partial charge on any atom is -0.486 e. The van der Waals surface area contributed by atoms with E-state index >= 15 is 4.39 Å². The lowest BCUT2D eigenvalue weighted by molar-refractivity contribution is -0.139. The fourth-order valence-corrected chi connectivity index (χ4v) is 6.48. The molecule has 1 spiro atoms. The lowest BCUT2D eigenvalue weighted by Crippen LogP contribution is -2.41. The standard InChI is InChI=1S/C33H31F2NO4/c1-18-6-10-26(34)23(13-18)20-8-7-19(14-22(20)24-5-4-12-32(24,2)3)16-40-27-11-9-21-28(29(27)35)33(17-36-30(21)37)15-25(33)31(38)39/h5-11,13-14,25H,4,12,15-17H2,1-3H3,(H,36,37)(H,38,39)/t25-,33-/m1/s1. The molecule has 7 heteroatoms. The molecule has 3 aromatic carbocycles. The monoisotopic (exact) mass is 543 g/mol. The average Bonchev–Trinajstić information content (AvgIpc) is 3.53. The molecule has 1 fully saturated rings. The van der Waals surface area contributed by atoms with Gasteiger partial charge < -0.3 is 15.2 Å². The SMILES string of the molecule is Cc1ccc(F)c(-c2ccc(COc3ccc4c(c3F)[C@@]3(CNC4=O)C[C@@H]3C(=O)O)cc2C2=CCCC2(C)C)c1. The molecule has 1 aliphatic heterocycles. The number of ether oxygens (including phenoxy) is 1. The van der Waals surface area contributed by atoms with Crippen LogP contribution in [0.3, 0.4) is 0 Å². The Morgan fingerprint density at radius 1 is 1.05 bits per heavy atom. The number of aryl methyl sites for hydroxylation is 1. The summed E-state index contributed by atoms with van der Waals surface area (Å²) in [6, 6.07) is 13.8. The Bertz CT molecular complexity index is 1610. The van der Waals surface area contributed by atoms with Gasteiger partial charge in [0.15, 0.2) is 11.6 Å². The van der Waals surface area contributed by atoms with Gasteiger partial charge in [-0.3, -0.25) is 9.59 Å². The van der Waals surface area contributed by atoms with Crippen molar-refractivity contribution in [3.63, 3.8) is 0 Å². The lowest BCUT2D eigenvalue weighted by Gasteiger charge is -2.27. The first-order chi connectivity index (χ1) is 19.0. The van der Waals surface area contributed by atoms with Gasteiger partial charge in [-0.05, 0) is 84.2 Å². The van der Waals surface area contributed by atoms with Crippen molar-refractivity contribution in [1.82, 2.24) is 5.32 Å². The van der Waals surface area contributed by atoms with Crippen LogP contribution in [0.15, 0.2) is 54.6 Å². The smallest absolute Gasteiger partial charge is 0.307 e. The van der Waals surface area contributed by atoms with Crippen LogP contribution in [0.4, 0.5) is 8.78 Å². The van der Waals surface area contributed by atoms with Crippen molar-refractivity contribution in [2.24, 2.45) is 11.3 Å². The second-order valence-electron chi connectivity index (χ2n) is 11.9. The predicted molar refractivity (Wildman–Crippen MR) is 148 cm³/mol. The van der Waals surface area contributed by atoms with Crippen LogP contribution >= 0.6 is 0 Å². The molecule has 0 bridgehead atoms. The van der Waals surface area contributed by atoms with Crippen molar-refractivity contribution in [2.45, 2.75) is 52.1 Å². The number of aliphatic carboxylic acids is 1. The first-order valence-corrected chi connectivity index (χ1v) is 13.6. The topological polar surface area (TPSA) is 75.6 Å². The summed E-state index contributed by atoms with van der Waals surface area (Å²) in [4.78, 5) is 24.1. The number of carboxylic acid groups (broad SMARTS) is 1. The molecule has 2 N–H and O–H groups in total. The molecule has 1 saturated carbocycles. The summed E-state index contributed by atoms with van der Waals surface area (Å²) in [5.74, 6) is -3.18. The van der Waals surface area contributed by atoms with Crippen LogP contribution in [0.2, 0.25) is 0 Å². The van der Waals surface area contributed by atoms with Gasteiger partial charge in [-0.2, -0.15) is 0 Å². The molecule has 2 aliphatic carbocycles. The van der Waals surface area contributed by atoms with Crippen LogP contribution < -0.4 is 10.1 Å². The van der Waals surface area contributed by atoms with Crippen LogP contribution in [-0.4, -0.2) is 23.5 Å². The fraction of sp³-hybridized carbons (Fsp3) is 0.333. The largest absolute Gasteiger partial charge is 0.486 e. The van der Waals surface area contributed by atoms with Crippen molar-refractivity contribution in [2.75, 3.05) is 6.54 Å². The van der Waals surface area contributed by atoms with Crippen LogP contribution in [0.5, 0.6) is 5.75 Å². The highest BCUT2D eigenvalue weighted by atomic mass is 19.1. The van der Waals surface area contributed by atoms with Crippen LogP contribution in [0, 0.1) is 29.9 Å². The Labute approximate surface area is 231 Å². The Hall–Kier alpha value is -4.00. The summed E-state index contributed by atoms with van der Waals surface area (Å²) in [6.45, 7) is 6.44. The van der Waals surface area contributed by atoms with E-state index < -0.39 is 29.0 Å². The van der Waals surface area contributed by atoms with Gasteiger partial charge in [0.25, 0.3) is 5.91 Å². The molecule has 206 valence electrons. The fourth-order valence-electron chi connectivity index (χ4n) is 6.48. The van der Waals surface area contributed by atoms with Crippen LogP contribution in [0.1, 0.15) is 65.7 Å². The molecule has 0 aromatic heterocycles. The maximum absolute atomic E-state index is 15.8. The number of benzene rings is 3. The number of hydrogen-bond donors (Lipinski definition) is 2. The zero-order chi connectivity index (χ0) is 28.4. The number of carbonyl (C=O) groups excluding carboxylic acids is 1. The Balaban J connectivity index is 1.35. The molecule has 3 aliphatic rings. The molecule has 40 heavy (non-hydrogen) atoms. The van der Waals surface area contributed by atoms with Gasteiger partial charge in [0.2, 0.25) is 0 Å². The Morgan fingerprint density at radius 2 is 1.82 bits per heavy atom. The van der Waals surface area contributed by atoms with Crippen LogP contribution in [0.25, 0.3) is 16.7 Å². The maximum Gasteiger partial charge on any atom is 0.307 e. The zero-order valence-corrected chi connectivity index (χ0v) is 22.7. The van der Waals surface area contributed by atoms with Crippen LogP contribution in [-0.2, 0) is 16.8 Å². The number of nitrogens with one attached hydrogen (secondary N) is 1. The predicted octanol–water partition coefficient (Wildman–Crippen LogP) is 6.81. The highest BCUT2D eigenvalue weighted by Gasteiger charge is 2.63. The van der Waals surface area contributed by atoms with Gasteiger partial charge >= 0.3 is 5.97 Å². The number of rotatable bonds is 6. The summed E-state index contributed by atoms with van der Waals surface area (Å²) < 4.78 is 36.8. The third kappa shape index (κ3) is 4.19. The van der Waals surface area contributed by atoms with Gasteiger partial charge in [-0.15, -0.1) is 0 Å². The molecule has 0 unspecified atom stereocenters. The molecular formula is C33H31F2NO4. The van der Waals surface area contributed by atoms with E-state index in [1.165, 1.54) is 18.2 Å². The number of halogens is 2. The summed E-state index contributed by atoms with van der Waals surface area (Å²) in [7, 11) is 0. The summed E-state index contributed by atoms with van der Waals surface area (Å²) in [6.07, 6.45) is 4.40. The summed E-state index contributed by atoms with van der Waals surface area (Å²) >= 11 is 0. The second-order valence-corrected chi connectivity index (χ2v) is 11.9. The highest BCUT2D eigenvalue weighted by molar-refractivity contribution is 5.99. The molecule has 1 amide bonds. The highest BCUT2D eigenvalue weighted by Crippen LogP contribution is 2.57. The van der Waals surface area contributed by atoms with Gasteiger partial charge in [-0.25, -0.2) is 8.78 Å². The van der Waals surface area contributed by atoms with Crippen molar-refractivity contribution in [1.29, 1.82) is 0 Å². The van der Waals surface area contributed by atoms with Gasteiger partial charge in [-0.1, -0.05) is 43.7 Å². The number of hydrogen-bond acceptors (Lipinski definition) is 3. The summed E-state index contributed by atoms with van der Waals surface area (Å²) in [5, 5.41) is 12.3. The van der Waals surface area contributed by atoms with E-state index in [2.05, 4.69) is 25.2 Å². The number of fused-ring (bicyclic) bond motifs is 2. The van der Waals surface area contributed by atoms with Gasteiger partial charge in [0, 0.05) is 28.7 Å². The second kappa shape index (κ2) is 9.29. The van der Waals surface area contributed by atoms with Crippen molar-refractivity contribution >= 4 is 17.4 Å². The van der Waals surface area contributed by atoms with Gasteiger partial charge in [0.05, 0.1) is 5.92 Å². The van der Waals surface area contributed by atoms with Crippen molar-refractivity contribution in [3.8, 4) is 16.9 Å². The Morgan fingerprint density at radius 3 is 2.52 bits per heavy atom. The summed E-state index contributed by atoms with van der Waals surface area (Å²) in [5.41, 5.74) is 4.40. The van der Waals surface area contributed by atoms with E-state index in [9.17, 15) is 19.1 Å².